The molecule has 0 aliphatic carbocycles. The average Bonchev–Trinajstić information content (AvgIpc) is 2.98. The van der Waals surface area contributed by atoms with E-state index in [2.05, 4.69) is 14.8 Å². The number of aryl methyl sites for hydroxylation is 1. The van der Waals surface area contributed by atoms with Gasteiger partial charge in [-0.2, -0.15) is 0 Å². The van der Waals surface area contributed by atoms with Crippen LogP contribution in [0.5, 0.6) is 0 Å². The number of hydrogen-bond donors (Lipinski definition) is 0. The highest BCUT2D eigenvalue weighted by Crippen LogP contribution is 2.33. The normalized spacial score (nSPS) is 22.3. The molecule has 0 radical (unpaired) electrons. The highest BCUT2D eigenvalue weighted by Gasteiger charge is 2.36. The van der Waals surface area contributed by atoms with Gasteiger partial charge in [-0.05, 0) is 46.5 Å². The third-order valence-electron chi connectivity index (χ3n) is 4.32. The lowest BCUT2D eigenvalue weighted by molar-refractivity contribution is 0.0215. The van der Waals surface area contributed by atoms with Crippen molar-refractivity contribution in [2.75, 3.05) is 6.54 Å². The van der Waals surface area contributed by atoms with Crippen molar-refractivity contribution in [2.24, 2.45) is 0 Å². The summed E-state index contributed by atoms with van der Waals surface area (Å²) >= 11 is 0. The van der Waals surface area contributed by atoms with Crippen molar-refractivity contribution >= 4 is 6.09 Å². The molecule has 22 heavy (non-hydrogen) atoms. The quantitative estimate of drug-likeness (QED) is 0.800. The number of fused-ring (bicyclic) bond motifs is 1. The van der Waals surface area contributed by atoms with Gasteiger partial charge in [0, 0.05) is 19.5 Å². The molecular formula is C16H26N4O2. The van der Waals surface area contributed by atoms with E-state index < -0.39 is 5.60 Å². The average molecular weight is 306 g/mol. The fourth-order valence-electron chi connectivity index (χ4n) is 3.33. The third-order valence-corrected chi connectivity index (χ3v) is 4.32. The Balaban J connectivity index is 1.82. The van der Waals surface area contributed by atoms with Gasteiger partial charge in [0.2, 0.25) is 0 Å². The molecule has 0 bridgehead atoms. The minimum atomic E-state index is -0.466. The lowest BCUT2D eigenvalue weighted by Crippen LogP contribution is -2.37. The van der Waals surface area contributed by atoms with Crippen LogP contribution >= 0.6 is 0 Å². The second-order valence-electron chi connectivity index (χ2n) is 7.27. The molecule has 1 aromatic rings. The first-order valence-electron chi connectivity index (χ1n) is 8.37. The van der Waals surface area contributed by atoms with Crippen LogP contribution in [0.2, 0.25) is 0 Å². The highest BCUT2D eigenvalue weighted by molar-refractivity contribution is 5.69. The molecule has 0 saturated carbocycles. The molecule has 0 aromatic carbocycles. The molecule has 1 fully saturated rings. The Hall–Kier alpha value is -1.59. The van der Waals surface area contributed by atoms with Crippen molar-refractivity contribution in [3.8, 4) is 0 Å². The molecule has 3 rings (SSSR count). The van der Waals surface area contributed by atoms with E-state index in [1.807, 2.05) is 25.7 Å². The number of hydrogen-bond acceptors (Lipinski definition) is 4. The minimum Gasteiger partial charge on any atom is -0.444 e. The molecule has 0 spiro atoms. The van der Waals surface area contributed by atoms with Gasteiger partial charge >= 0.3 is 6.09 Å². The molecule has 1 amide bonds. The maximum absolute atomic E-state index is 12.4. The Morgan fingerprint density at radius 3 is 2.73 bits per heavy atom. The van der Waals surface area contributed by atoms with E-state index in [0.29, 0.717) is 0 Å². The lowest BCUT2D eigenvalue weighted by atomic mass is 10.2. The summed E-state index contributed by atoms with van der Waals surface area (Å²) < 4.78 is 7.78. The van der Waals surface area contributed by atoms with Crippen LogP contribution < -0.4 is 0 Å². The van der Waals surface area contributed by atoms with Crippen LogP contribution in [0.4, 0.5) is 4.79 Å². The fourth-order valence-corrected chi connectivity index (χ4v) is 3.33. The second kappa shape index (κ2) is 5.89. The Bertz CT molecular complexity index is 547. The van der Waals surface area contributed by atoms with E-state index in [4.69, 9.17) is 4.74 Å². The maximum Gasteiger partial charge on any atom is 0.410 e. The molecular weight excluding hydrogens is 280 g/mol. The molecule has 2 aliphatic rings. The molecule has 0 N–H and O–H groups in total. The Kier molecular flexibility index (Phi) is 4.10. The first-order chi connectivity index (χ1) is 10.5. The standard InChI is InChI=1S/C16H26N4O2/c1-16(2,3)22-15(21)19-11-7-8-12(19)14-18-17-13-9-5-4-6-10-20(13)14/h12H,4-11H2,1-3H3. The molecule has 2 aliphatic heterocycles. The van der Waals surface area contributed by atoms with Gasteiger partial charge in [-0.15, -0.1) is 10.2 Å². The number of carbonyl (C=O) groups is 1. The number of aromatic nitrogens is 3. The van der Waals surface area contributed by atoms with Gasteiger partial charge < -0.3 is 9.30 Å². The zero-order valence-corrected chi connectivity index (χ0v) is 13.8. The smallest absolute Gasteiger partial charge is 0.410 e. The van der Waals surface area contributed by atoms with Gasteiger partial charge in [-0.3, -0.25) is 4.90 Å². The number of rotatable bonds is 1. The minimum absolute atomic E-state index is 0.00852. The molecule has 6 heteroatoms. The first-order valence-corrected chi connectivity index (χ1v) is 8.37. The monoisotopic (exact) mass is 306 g/mol. The van der Waals surface area contributed by atoms with Gasteiger partial charge in [0.25, 0.3) is 0 Å². The van der Waals surface area contributed by atoms with Crippen molar-refractivity contribution in [2.45, 2.75) is 77.5 Å². The van der Waals surface area contributed by atoms with Crippen LogP contribution in [-0.2, 0) is 17.7 Å². The summed E-state index contributed by atoms with van der Waals surface area (Å²) in [4.78, 5) is 14.3. The van der Waals surface area contributed by atoms with Crippen LogP contribution in [-0.4, -0.2) is 37.9 Å². The van der Waals surface area contributed by atoms with Crippen LogP contribution in [0.25, 0.3) is 0 Å². The van der Waals surface area contributed by atoms with Gasteiger partial charge in [-0.25, -0.2) is 4.79 Å². The fraction of sp³-hybridized carbons (Fsp3) is 0.812. The summed E-state index contributed by atoms with van der Waals surface area (Å²) in [6, 6.07) is 0.00852. The number of likely N-dealkylation sites (tertiary alicyclic amines) is 1. The van der Waals surface area contributed by atoms with Crippen molar-refractivity contribution in [3.63, 3.8) is 0 Å². The lowest BCUT2D eigenvalue weighted by Gasteiger charge is -2.28. The molecule has 122 valence electrons. The molecule has 1 saturated heterocycles. The summed E-state index contributed by atoms with van der Waals surface area (Å²) in [5.74, 6) is 2.02. The zero-order valence-electron chi connectivity index (χ0n) is 13.8. The van der Waals surface area contributed by atoms with Crippen molar-refractivity contribution < 1.29 is 9.53 Å². The van der Waals surface area contributed by atoms with Crippen LogP contribution in [0, 0.1) is 0 Å². The van der Waals surface area contributed by atoms with Gasteiger partial charge in [0.05, 0.1) is 6.04 Å². The number of carbonyl (C=O) groups excluding carboxylic acids is 1. The number of nitrogens with zero attached hydrogens (tertiary/aromatic N) is 4. The molecule has 1 atom stereocenters. The summed E-state index contributed by atoms with van der Waals surface area (Å²) in [5, 5.41) is 8.78. The maximum atomic E-state index is 12.4. The van der Waals surface area contributed by atoms with Gasteiger partial charge in [0.15, 0.2) is 5.82 Å². The molecule has 3 heterocycles. The Morgan fingerprint density at radius 2 is 1.95 bits per heavy atom. The first kappa shape index (κ1) is 15.3. The molecule has 1 unspecified atom stereocenters. The predicted octanol–water partition coefficient (Wildman–Crippen LogP) is 3.08. The predicted molar refractivity (Wildman–Crippen MR) is 82.5 cm³/mol. The van der Waals surface area contributed by atoms with Crippen LogP contribution in [0.3, 0.4) is 0 Å². The van der Waals surface area contributed by atoms with E-state index in [0.717, 1.165) is 50.4 Å². The van der Waals surface area contributed by atoms with E-state index in [-0.39, 0.29) is 12.1 Å². The topological polar surface area (TPSA) is 60.2 Å². The Labute approximate surface area is 131 Å². The molecule has 1 aromatic heterocycles. The van der Waals surface area contributed by atoms with Crippen LogP contribution in [0.1, 0.15) is 70.6 Å². The Morgan fingerprint density at radius 1 is 1.14 bits per heavy atom. The van der Waals surface area contributed by atoms with Gasteiger partial charge in [-0.1, -0.05) is 6.42 Å². The summed E-state index contributed by atoms with van der Waals surface area (Å²) in [6.07, 6.45) is 6.27. The number of amides is 1. The van der Waals surface area contributed by atoms with Crippen LogP contribution in [0.15, 0.2) is 0 Å². The van der Waals surface area contributed by atoms with Crippen molar-refractivity contribution in [3.05, 3.63) is 11.6 Å². The van der Waals surface area contributed by atoms with E-state index in [1.54, 1.807) is 0 Å². The highest BCUT2D eigenvalue weighted by atomic mass is 16.6. The van der Waals surface area contributed by atoms with Gasteiger partial charge in [0.1, 0.15) is 11.4 Å². The summed E-state index contributed by atoms with van der Waals surface area (Å²) in [7, 11) is 0. The van der Waals surface area contributed by atoms with E-state index >= 15 is 0 Å². The molecule has 6 nitrogen and oxygen atoms in total. The SMILES string of the molecule is CC(C)(C)OC(=O)N1CCCC1c1nnc2n1CCCCC2. The largest absolute Gasteiger partial charge is 0.444 e. The van der Waals surface area contributed by atoms with Crippen molar-refractivity contribution in [1.29, 1.82) is 0 Å². The zero-order chi connectivity index (χ0) is 15.7. The third kappa shape index (κ3) is 3.10. The van der Waals surface area contributed by atoms with E-state index in [1.165, 1.54) is 12.8 Å². The van der Waals surface area contributed by atoms with Crippen molar-refractivity contribution in [1.82, 2.24) is 19.7 Å². The summed E-state index contributed by atoms with van der Waals surface area (Å²) in [5.41, 5.74) is -0.466. The second-order valence-corrected chi connectivity index (χ2v) is 7.27. The van der Waals surface area contributed by atoms with E-state index in [9.17, 15) is 4.79 Å². The summed E-state index contributed by atoms with van der Waals surface area (Å²) in [6.45, 7) is 7.41. The number of ether oxygens (including phenoxy) is 1.